The number of para-hydroxylation sites is 1. The van der Waals surface area contributed by atoms with E-state index in [1.165, 1.54) is 31.2 Å². The lowest BCUT2D eigenvalue weighted by molar-refractivity contribution is -0.133. The van der Waals surface area contributed by atoms with Crippen LogP contribution in [0.3, 0.4) is 0 Å². The lowest BCUT2D eigenvalue weighted by Crippen LogP contribution is -2.38. The number of hydrogen-bond donors (Lipinski definition) is 0. The van der Waals surface area contributed by atoms with Crippen LogP contribution in [0.4, 0.5) is 0 Å². The second-order valence-corrected chi connectivity index (χ2v) is 8.87. The van der Waals surface area contributed by atoms with Crippen molar-refractivity contribution in [3.63, 3.8) is 0 Å². The third-order valence-electron chi connectivity index (χ3n) is 6.41. The third-order valence-corrected chi connectivity index (χ3v) is 6.41. The summed E-state index contributed by atoms with van der Waals surface area (Å²) in [5.41, 5.74) is 1.80. The second-order valence-electron chi connectivity index (χ2n) is 8.87. The molecule has 33 heavy (non-hydrogen) atoms. The number of aromatic nitrogens is 2. The summed E-state index contributed by atoms with van der Waals surface area (Å²) < 4.78 is 1.60. The number of nitrogens with zero attached hydrogens (tertiary/aromatic N) is 3. The molecule has 1 atom stereocenters. The van der Waals surface area contributed by atoms with Crippen molar-refractivity contribution in [2.75, 3.05) is 6.54 Å². The Morgan fingerprint density at radius 1 is 0.970 bits per heavy atom. The van der Waals surface area contributed by atoms with Crippen molar-refractivity contribution in [3.8, 4) is 0 Å². The molecule has 2 aromatic carbocycles. The first-order valence-electron chi connectivity index (χ1n) is 12.3. The molecular formula is C28H37N3O2. The predicted molar refractivity (Wildman–Crippen MR) is 135 cm³/mol. The van der Waals surface area contributed by atoms with Gasteiger partial charge in [-0.2, -0.15) is 0 Å². The number of fused-ring (bicyclic) bond motifs is 1. The normalized spacial score (nSPS) is 12.1. The first kappa shape index (κ1) is 24.7. The van der Waals surface area contributed by atoms with Gasteiger partial charge in [-0.25, -0.2) is 4.98 Å². The summed E-state index contributed by atoms with van der Waals surface area (Å²) in [4.78, 5) is 33.0. The molecule has 0 radical (unpaired) electrons. The van der Waals surface area contributed by atoms with E-state index in [-0.39, 0.29) is 17.5 Å². The molecule has 0 saturated carbocycles. The fourth-order valence-corrected chi connectivity index (χ4v) is 4.38. The van der Waals surface area contributed by atoms with Crippen molar-refractivity contribution in [2.45, 2.75) is 71.3 Å². The molecule has 0 spiro atoms. The highest BCUT2D eigenvalue weighted by Gasteiger charge is 2.25. The van der Waals surface area contributed by atoms with Crippen LogP contribution in [0.1, 0.15) is 76.2 Å². The van der Waals surface area contributed by atoms with E-state index in [2.05, 4.69) is 19.1 Å². The van der Waals surface area contributed by atoms with E-state index in [4.69, 9.17) is 4.98 Å². The van der Waals surface area contributed by atoms with Gasteiger partial charge in [-0.15, -0.1) is 0 Å². The Labute approximate surface area is 197 Å². The Hall–Kier alpha value is -2.95. The van der Waals surface area contributed by atoms with E-state index in [9.17, 15) is 9.59 Å². The first-order chi connectivity index (χ1) is 16.0. The highest BCUT2D eigenvalue weighted by Crippen LogP contribution is 2.22. The summed E-state index contributed by atoms with van der Waals surface area (Å²) in [5, 5.41) is 0.602. The highest BCUT2D eigenvalue weighted by molar-refractivity contribution is 5.78. The van der Waals surface area contributed by atoms with Crippen LogP contribution < -0.4 is 5.56 Å². The maximum Gasteiger partial charge on any atom is 0.261 e. The molecule has 3 rings (SSSR count). The topological polar surface area (TPSA) is 55.2 Å². The minimum absolute atomic E-state index is 0.0752. The molecule has 3 aromatic rings. The summed E-state index contributed by atoms with van der Waals surface area (Å²) >= 11 is 0. The summed E-state index contributed by atoms with van der Waals surface area (Å²) in [7, 11) is 1.75. The van der Waals surface area contributed by atoms with E-state index >= 15 is 0 Å². The van der Waals surface area contributed by atoms with Crippen molar-refractivity contribution in [1.82, 2.24) is 14.5 Å². The lowest BCUT2D eigenvalue weighted by Gasteiger charge is -2.30. The van der Waals surface area contributed by atoms with Crippen molar-refractivity contribution < 1.29 is 4.79 Å². The largest absolute Gasteiger partial charge is 0.332 e. The molecule has 0 aliphatic carbocycles. The van der Waals surface area contributed by atoms with Crippen molar-refractivity contribution in [2.24, 2.45) is 7.05 Å². The van der Waals surface area contributed by atoms with Crippen LogP contribution in [-0.2, 0) is 18.3 Å². The van der Waals surface area contributed by atoms with Crippen LogP contribution in [0, 0.1) is 0 Å². The summed E-state index contributed by atoms with van der Waals surface area (Å²) in [6.07, 6.45) is 8.20. The summed E-state index contributed by atoms with van der Waals surface area (Å²) in [5.74, 6) is 0.763. The van der Waals surface area contributed by atoms with Crippen LogP contribution in [0.5, 0.6) is 0 Å². The molecule has 176 valence electrons. The zero-order valence-electron chi connectivity index (χ0n) is 20.3. The average molecular weight is 448 g/mol. The van der Waals surface area contributed by atoms with Gasteiger partial charge in [0.2, 0.25) is 5.91 Å². The van der Waals surface area contributed by atoms with E-state index in [1.807, 2.05) is 48.2 Å². The Kier molecular flexibility index (Phi) is 9.23. The van der Waals surface area contributed by atoms with Gasteiger partial charge in [0.05, 0.1) is 16.9 Å². The minimum Gasteiger partial charge on any atom is -0.332 e. The maximum atomic E-state index is 13.3. The zero-order chi connectivity index (χ0) is 23.6. The number of carbonyl (C=O) groups excluding carboxylic acids is 1. The van der Waals surface area contributed by atoms with Gasteiger partial charge in [-0.1, -0.05) is 81.5 Å². The van der Waals surface area contributed by atoms with Gasteiger partial charge in [0, 0.05) is 20.0 Å². The number of amides is 1. The SMILES string of the molecule is CCCCCCCCC(=O)N(CCc1ccccc1)C(C)c1nc2ccccc2c(=O)n1C. The molecule has 5 nitrogen and oxygen atoms in total. The lowest BCUT2D eigenvalue weighted by atomic mass is 10.1. The Bertz CT molecular complexity index is 1090. The molecule has 0 bridgehead atoms. The standard InChI is InChI=1S/C28H37N3O2/c1-4-5-6-7-8-12-19-26(32)31(21-20-23-15-10-9-11-16-23)22(2)27-29-25-18-14-13-17-24(25)28(33)30(27)3/h9-11,13-18,22H,4-8,12,19-21H2,1-3H3. The van der Waals surface area contributed by atoms with Crippen molar-refractivity contribution in [1.29, 1.82) is 0 Å². The molecule has 0 aliphatic rings. The molecule has 1 aromatic heterocycles. The predicted octanol–water partition coefficient (Wildman–Crippen LogP) is 5.82. The van der Waals surface area contributed by atoms with Gasteiger partial charge in [-0.05, 0) is 37.5 Å². The quantitative estimate of drug-likeness (QED) is 0.329. The molecule has 1 heterocycles. The molecular weight excluding hydrogens is 410 g/mol. The number of rotatable bonds is 12. The van der Waals surface area contributed by atoms with Gasteiger partial charge < -0.3 is 4.90 Å². The Balaban J connectivity index is 1.80. The average Bonchev–Trinajstić information content (AvgIpc) is 2.84. The molecule has 0 N–H and O–H groups in total. The molecule has 1 unspecified atom stereocenters. The van der Waals surface area contributed by atoms with E-state index in [1.54, 1.807) is 17.7 Å². The zero-order valence-corrected chi connectivity index (χ0v) is 20.3. The second kappa shape index (κ2) is 12.3. The molecule has 0 fully saturated rings. The number of carbonyl (C=O) groups is 1. The van der Waals surface area contributed by atoms with Gasteiger partial charge in [0.25, 0.3) is 5.56 Å². The first-order valence-corrected chi connectivity index (χ1v) is 12.3. The van der Waals surface area contributed by atoms with E-state index < -0.39 is 0 Å². The summed E-state index contributed by atoms with van der Waals surface area (Å²) in [6, 6.07) is 17.3. The number of hydrogen-bond acceptors (Lipinski definition) is 3. The van der Waals surface area contributed by atoms with Crippen molar-refractivity contribution >= 4 is 16.8 Å². The van der Waals surface area contributed by atoms with Crippen LogP contribution in [0.25, 0.3) is 10.9 Å². The van der Waals surface area contributed by atoms with Gasteiger partial charge in [-0.3, -0.25) is 14.2 Å². The van der Waals surface area contributed by atoms with Crippen LogP contribution in [0.2, 0.25) is 0 Å². The number of benzene rings is 2. The maximum absolute atomic E-state index is 13.3. The molecule has 5 heteroatoms. The monoisotopic (exact) mass is 447 g/mol. The Morgan fingerprint density at radius 3 is 2.39 bits per heavy atom. The van der Waals surface area contributed by atoms with E-state index in [0.717, 1.165) is 19.3 Å². The fraction of sp³-hybridized carbons (Fsp3) is 0.464. The summed E-state index contributed by atoms with van der Waals surface area (Å²) in [6.45, 7) is 4.80. The molecule has 0 aliphatic heterocycles. The van der Waals surface area contributed by atoms with Gasteiger partial charge in [0.1, 0.15) is 5.82 Å². The smallest absolute Gasteiger partial charge is 0.261 e. The van der Waals surface area contributed by atoms with Crippen LogP contribution >= 0.6 is 0 Å². The third kappa shape index (κ3) is 6.53. The van der Waals surface area contributed by atoms with E-state index in [0.29, 0.717) is 29.7 Å². The number of unbranched alkanes of at least 4 members (excludes halogenated alkanes) is 5. The van der Waals surface area contributed by atoms with Gasteiger partial charge in [0.15, 0.2) is 0 Å². The highest BCUT2D eigenvalue weighted by atomic mass is 16.2. The van der Waals surface area contributed by atoms with Gasteiger partial charge >= 0.3 is 0 Å². The van der Waals surface area contributed by atoms with Crippen LogP contribution in [0.15, 0.2) is 59.4 Å². The minimum atomic E-state index is -0.288. The molecule has 0 saturated heterocycles. The fourth-order valence-electron chi connectivity index (χ4n) is 4.38. The van der Waals surface area contributed by atoms with Crippen LogP contribution in [-0.4, -0.2) is 26.9 Å². The Morgan fingerprint density at radius 2 is 1.64 bits per heavy atom. The molecule has 1 amide bonds. The van der Waals surface area contributed by atoms with Crippen molar-refractivity contribution in [3.05, 3.63) is 76.3 Å².